The highest BCUT2D eigenvalue weighted by Crippen LogP contribution is 2.30. The molecule has 3 rings (SSSR count). The van der Waals surface area contributed by atoms with E-state index in [1.807, 2.05) is 42.5 Å². The van der Waals surface area contributed by atoms with E-state index in [1.165, 1.54) is 0 Å². The van der Waals surface area contributed by atoms with Gasteiger partial charge in [0.25, 0.3) is 0 Å². The van der Waals surface area contributed by atoms with Crippen molar-refractivity contribution in [1.29, 1.82) is 0 Å². The van der Waals surface area contributed by atoms with E-state index in [0.29, 0.717) is 31.0 Å². The molecule has 1 fully saturated rings. The van der Waals surface area contributed by atoms with Crippen LogP contribution in [0.1, 0.15) is 24.0 Å². The molecular formula is C22H27N3O4. The predicted molar refractivity (Wildman–Crippen MR) is 111 cm³/mol. The molecule has 0 radical (unpaired) electrons. The second-order valence-electron chi connectivity index (χ2n) is 7.01. The van der Waals surface area contributed by atoms with Crippen LogP contribution < -0.4 is 25.4 Å². The molecule has 3 amide bonds. The third-order valence-electron chi connectivity index (χ3n) is 4.74. The number of hydrogen-bond donors (Lipinski definition) is 3. The Balaban J connectivity index is 1.41. The summed E-state index contributed by atoms with van der Waals surface area (Å²) in [5, 5.41) is 8.60. The van der Waals surface area contributed by atoms with Crippen molar-refractivity contribution in [3.05, 3.63) is 53.6 Å². The molecule has 2 aromatic carbocycles. The van der Waals surface area contributed by atoms with Crippen molar-refractivity contribution in [3.8, 4) is 11.5 Å². The molecule has 1 aliphatic rings. The second-order valence-corrected chi connectivity index (χ2v) is 7.01. The van der Waals surface area contributed by atoms with Gasteiger partial charge >= 0.3 is 6.03 Å². The van der Waals surface area contributed by atoms with Gasteiger partial charge in [0.2, 0.25) is 5.91 Å². The number of urea groups is 1. The van der Waals surface area contributed by atoms with E-state index >= 15 is 0 Å². The van der Waals surface area contributed by atoms with Gasteiger partial charge in [-0.25, -0.2) is 4.79 Å². The number of carbonyl (C=O) groups excluding carboxylic acids is 2. The minimum absolute atomic E-state index is 0.0722. The highest BCUT2D eigenvalue weighted by atomic mass is 16.5. The number of carbonyl (C=O) groups is 2. The molecule has 7 heteroatoms. The van der Waals surface area contributed by atoms with E-state index < -0.39 is 0 Å². The topological polar surface area (TPSA) is 88.7 Å². The van der Waals surface area contributed by atoms with Crippen LogP contribution >= 0.6 is 0 Å². The van der Waals surface area contributed by atoms with Gasteiger partial charge in [-0.15, -0.1) is 0 Å². The molecule has 0 saturated heterocycles. The monoisotopic (exact) mass is 397 g/mol. The number of ether oxygens (including phenoxy) is 2. The first-order valence-electron chi connectivity index (χ1n) is 9.71. The molecule has 0 atom stereocenters. The van der Waals surface area contributed by atoms with Gasteiger partial charge < -0.3 is 25.4 Å². The van der Waals surface area contributed by atoms with Crippen molar-refractivity contribution in [2.75, 3.05) is 26.1 Å². The average Bonchev–Trinajstić information content (AvgIpc) is 3.58. The van der Waals surface area contributed by atoms with Gasteiger partial charge in [-0.3, -0.25) is 4.79 Å². The molecule has 1 aliphatic carbocycles. The summed E-state index contributed by atoms with van der Waals surface area (Å²) in [6.45, 7) is 0.883. The fraction of sp³-hybridized carbons (Fsp3) is 0.364. The first-order valence-corrected chi connectivity index (χ1v) is 9.71. The Bertz CT molecular complexity index is 865. The van der Waals surface area contributed by atoms with E-state index in [-0.39, 0.29) is 17.9 Å². The minimum Gasteiger partial charge on any atom is -0.493 e. The van der Waals surface area contributed by atoms with Gasteiger partial charge in [0.15, 0.2) is 11.5 Å². The van der Waals surface area contributed by atoms with Crippen LogP contribution in [0.5, 0.6) is 11.5 Å². The standard InChI is InChI=1S/C22H27N3O4/c1-28-19-9-6-15(13-20(19)29-2)10-11-23-22(27)24-14-16-4-3-5-18(12-16)25-21(26)17-7-8-17/h3-6,9,12-13,17H,7-8,10-11,14H2,1-2H3,(H,25,26)(H2,23,24,27). The fourth-order valence-electron chi connectivity index (χ4n) is 2.95. The van der Waals surface area contributed by atoms with Crippen molar-refractivity contribution in [2.45, 2.75) is 25.8 Å². The van der Waals surface area contributed by atoms with Gasteiger partial charge in [-0.05, 0) is 54.7 Å². The number of benzene rings is 2. The van der Waals surface area contributed by atoms with Crippen LogP contribution in [0, 0.1) is 5.92 Å². The number of hydrogen-bond acceptors (Lipinski definition) is 4. The first kappa shape index (κ1) is 20.5. The van der Waals surface area contributed by atoms with Crippen LogP contribution in [0.2, 0.25) is 0 Å². The van der Waals surface area contributed by atoms with Crippen molar-refractivity contribution in [2.24, 2.45) is 5.92 Å². The SMILES string of the molecule is COc1ccc(CCNC(=O)NCc2cccc(NC(=O)C3CC3)c2)cc1OC. The summed E-state index contributed by atoms with van der Waals surface area (Å²) < 4.78 is 10.5. The van der Waals surface area contributed by atoms with Gasteiger partial charge in [0.05, 0.1) is 14.2 Å². The first-order chi connectivity index (χ1) is 14.1. The quantitative estimate of drug-likeness (QED) is 0.607. The molecule has 0 heterocycles. The summed E-state index contributed by atoms with van der Waals surface area (Å²) in [5.74, 6) is 1.58. The zero-order valence-electron chi connectivity index (χ0n) is 16.8. The molecule has 0 aliphatic heterocycles. The highest BCUT2D eigenvalue weighted by Gasteiger charge is 2.29. The molecular weight excluding hydrogens is 370 g/mol. The molecule has 29 heavy (non-hydrogen) atoms. The molecule has 0 bridgehead atoms. The smallest absolute Gasteiger partial charge is 0.315 e. The lowest BCUT2D eigenvalue weighted by molar-refractivity contribution is -0.117. The number of rotatable bonds is 9. The van der Waals surface area contributed by atoms with E-state index in [2.05, 4.69) is 16.0 Å². The number of amides is 3. The van der Waals surface area contributed by atoms with E-state index in [9.17, 15) is 9.59 Å². The van der Waals surface area contributed by atoms with Gasteiger partial charge in [-0.1, -0.05) is 18.2 Å². The molecule has 1 saturated carbocycles. The maximum absolute atomic E-state index is 12.1. The van der Waals surface area contributed by atoms with Crippen molar-refractivity contribution in [3.63, 3.8) is 0 Å². The average molecular weight is 397 g/mol. The van der Waals surface area contributed by atoms with E-state index in [1.54, 1.807) is 14.2 Å². The van der Waals surface area contributed by atoms with Crippen LogP contribution in [0.15, 0.2) is 42.5 Å². The Morgan fingerprint density at radius 2 is 1.76 bits per heavy atom. The lowest BCUT2D eigenvalue weighted by atomic mass is 10.1. The Morgan fingerprint density at radius 1 is 0.966 bits per heavy atom. The van der Waals surface area contributed by atoms with Crippen molar-refractivity contribution < 1.29 is 19.1 Å². The van der Waals surface area contributed by atoms with Gasteiger partial charge in [0, 0.05) is 24.7 Å². The summed E-state index contributed by atoms with van der Waals surface area (Å²) >= 11 is 0. The fourth-order valence-corrected chi connectivity index (χ4v) is 2.95. The molecule has 7 nitrogen and oxygen atoms in total. The summed E-state index contributed by atoms with van der Waals surface area (Å²) in [6, 6.07) is 13.0. The summed E-state index contributed by atoms with van der Waals surface area (Å²) in [5.41, 5.74) is 2.73. The normalized spacial score (nSPS) is 12.8. The van der Waals surface area contributed by atoms with Gasteiger partial charge in [0.1, 0.15) is 0 Å². The van der Waals surface area contributed by atoms with Crippen LogP contribution in [0.4, 0.5) is 10.5 Å². The number of anilines is 1. The second kappa shape index (κ2) is 9.82. The number of methoxy groups -OCH3 is 2. The maximum Gasteiger partial charge on any atom is 0.315 e. The summed E-state index contributed by atoms with van der Waals surface area (Å²) in [4.78, 5) is 23.9. The number of nitrogens with one attached hydrogen (secondary N) is 3. The van der Waals surface area contributed by atoms with Gasteiger partial charge in [-0.2, -0.15) is 0 Å². The lowest BCUT2D eigenvalue weighted by Gasteiger charge is -2.11. The Hall–Kier alpha value is -3.22. The van der Waals surface area contributed by atoms with Crippen molar-refractivity contribution in [1.82, 2.24) is 10.6 Å². The lowest BCUT2D eigenvalue weighted by Crippen LogP contribution is -2.36. The third kappa shape index (κ3) is 6.14. The van der Waals surface area contributed by atoms with E-state index in [0.717, 1.165) is 29.7 Å². The third-order valence-corrected chi connectivity index (χ3v) is 4.74. The van der Waals surface area contributed by atoms with Crippen LogP contribution in [-0.2, 0) is 17.8 Å². The molecule has 2 aromatic rings. The maximum atomic E-state index is 12.1. The zero-order chi connectivity index (χ0) is 20.6. The molecule has 3 N–H and O–H groups in total. The van der Waals surface area contributed by atoms with Crippen LogP contribution in [0.25, 0.3) is 0 Å². The van der Waals surface area contributed by atoms with Crippen molar-refractivity contribution >= 4 is 17.6 Å². The molecule has 154 valence electrons. The van der Waals surface area contributed by atoms with Crippen LogP contribution in [-0.4, -0.2) is 32.7 Å². The van der Waals surface area contributed by atoms with Crippen LogP contribution in [0.3, 0.4) is 0 Å². The molecule has 0 unspecified atom stereocenters. The van der Waals surface area contributed by atoms with E-state index in [4.69, 9.17) is 9.47 Å². The minimum atomic E-state index is -0.238. The molecule has 0 spiro atoms. The Labute approximate surface area is 170 Å². The molecule has 0 aromatic heterocycles. The zero-order valence-corrected chi connectivity index (χ0v) is 16.8. The Kier molecular flexibility index (Phi) is 6.94. The summed E-state index contributed by atoms with van der Waals surface area (Å²) in [7, 11) is 3.19. The highest BCUT2D eigenvalue weighted by molar-refractivity contribution is 5.94. The summed E-state index contributed by atoms with van der Waals surface area (Å²) in [6.07, 6.45) is 2.61. The predicted octanol–water partition coefficient (Wildman–Crippen LogP) is 3.09. The largest absolute Gasteiger partial charge is 0.493 e. The Morgan fingerprint density at radius 3 is 2.48 bits per heavy atom.